The Morgan fingerprint density at radius 2 is 2.25 bits per heavy atom. The highest BCUT2D eigenvalue weighted by molar-refractivity contribution is 5.11. The molecule has 1 heterocycles. The number of ether oxygens (including phenoxy) is 1. The van der Waals surface area contributed by atoms with Crippen molar-refractivity contribution in [1.82, 2.24) is 0 Å². The van der Waals surface area contributed by atoms with Gasteiger partial charge in [0, 0.05) is 5.92 Å². The maximum absolute atomic E-state index is 5.46. The van der Waals surface area contributed by atoms with Gasteiger partial charge >= 0.3 is 0 Å². The summed E-state index contributed by atoms with van der Waals surface area (Å²) in [6.45, 7) is 3.72. The fraction of sp³-hybridized carbons (Fsp3) is 0.455. The number of hydrogen-bond acceptors (Lipinski definition) is 1. The van der Waals surface area contributed by atoms with Gasteiger partial charge in [-0.05, 0) is 12.8 Å². The van der Waals surface area contributed by atoms with E-state index in [0.717, 1.165) is 12.8 Å². The molecule has 64 valence electrons. The molecule has 0 aromatic heterocycles. The molecule has 0 spiro atoms. The average Bonchev–Trinajstić information content (AvgIpc) is 2.89. The fourth-order valence-corrected chi connectivity index (χ4v) is 1.67. The van der Waals surface area contributed by atoms with E-state index in [9.17, 15) is 0 Å². The van der Waals surface area contributed by atoms with Crippen LogP contribution in [0, 0.1) is 5.92 Å². The third-order valence-corrected chi connectivity index (χ3v) is 2.45. The van der Waals surface area contributed by atoms with Gasteiger partial charge in [0.25, 0.3) is 0 Å². The molecule has 0 unspecified atom stereocenters. The molecular weight excluding hydrogens is 148 g/mol. The van der Waals surface area contributed by atoms with Crippen LogP contribution >= 0.6 is 0 Å². The Kier molecular flexibility index (Phi) is 2.13. The van der Waals surface area contributed by atoms with Gasteiger partial charge in [-0.15, -0.1) is 6.58 Å². The molecule has 12 heavy (non-hydrogen) atoms. The van der Waals surface area contributed by atoms with Crippen molar-refractivity contribution in [1.29, 1.82) is 0 Å². The zero-order chi connectivity index (χ0) is 8.39. The van der Waals surface area contributed by atoms with Crippen LogP contribution in [0.5, 0.6) is 0 Å². The van der Waals surface area contributed by atoms with E-state index in [4.69, 9.17) is 4.74 Å². The molecule has 0 aromatic carbocycles. The SMILES string of the molecule is C=C[C@@H]1O[C@H]1[C@@H]1C=CCC=CC1. The minimum absolute atomic E-state index is 0.311. The van der Waals surface area contributed by atoms with Crippen LogP contribution in [-0.2, 0) is 4.74 Å². The smallest absolute Gasteiger partial charge is 0.103 e. The minimum atomic E-state index is 0.311. The predicted octanol–water partition coefficient (Wildman–Crippen LogP) is 2.46. The molecule has 0 N–H and O–H groups in total. The first-order chi connectivity index (χ1) is 5.92. The third-order valence-electron chi connectivity index (χ3n) is 2.45. The Morgan fingerprint density at radius 1 is 1.33 bits per heavy atom. The van der Waals surface area contributed by atoms with Gasteiger partial charge in [-0.1, -0.05) is 30.4 Å². The maximum Gasteiger partial charge on any atom is 0.103 e. The Labute approximate surface area is 73.4 Å². The van der Waals surface area contributed by atoms with Crippen LogP contribution in [0.1, 0.15) is 12.8 Å². The molecule has 1 nitrogen and oxygen atoms in total. The number of epoxide rings is 1. The minimum Gasteiger partial charge on any atom is -0.365 e. The van der Waals surface area contributed by atoms with Crippen molar-refractivity contribution >= 4 is 0 Å². The van der Waals surface area contributed by atoms with Gasteiger partial charge in [-0.2, -0.15) is 0 Å². The van der Waals surface area contributed by atoms with Crippen LogP contribution in [0.2, 0.25) is 0 Å². The summed E-state index contributed by atoms with van der Waals surface area (Å²) in [4.78, 5) is 0. The second kappa shape index (κ2) is 3.28. The Balaban J connectivity index is 1.95. The lowest BCUT2D eigenvalue weighted by Crippen LogP contribution is -2.05. The van der Waals surface area contributed by atoms with Crippen molar-refractivity contribution in [2.24, 2.45) is 5.92 Å². The van der Waals surface area contributed by atoms with Gasteiger partial charge in [0.15, 0.2) is 0 Å². The molecule has 1 aliphatic carbocycles. The van der Waals surface area contributed by atoms with Gasteiger partial charge in [-0.25, -0.2) is 0 Å². The highest BCUT2D eigenvalue weighted by Crippen LogP contribution is 2.34. The van der Waals surface area contributed by atoms with Gasteiger partial charge in [0.2, 0.25) is 0 Å². The van der Waals surface area contributed by atoms with Crippen LogP contribution in [0.15, 0.2) is 37.0 Å². The van der Waals surface area contributed by atoms with Gasteiger partial charge in [0.05, 0.1) is 6.10 Å². The van der Waals surface area contributed by atoms with Crippen LogP contribution in [0.4, 0.5) is 0 Å². The summed E-state index contributed by atoms with van der Waals surface area (Å²) in [6.07, 6.45) is 13.7. The van der Waals surface area contributed by atoms with Gasteiger partial charge in [-0.3, -0.25) is 0 Å². The van der Waals surface area contributed by atoms with E-state index >= 15 is 0 Å². The summed E-state index contributed by atoms with van der Waals surface area (Å²) in [5.41, 5.74) is 0. The molecule has 1 fully saturated rings. The molecule has 0 radical (unpaired) electrons. The predicted molar refractivity (Wildman–Crippen MR) is 49.9 cm³/mol. The van der Waals surface area contributed by atoms with E-state index in [1.807, 2.05) is 6.08 Å². The second-order valence-corrected chi connectivity index (χ2v) is 3.34. The van der Waals surface area contributed by atoms with Crippen molar-refractivity contribution in [3.05, 3.63) is 37.0 Å². The van der Waals surface area contributed by atoms with Crippen molar-refractivity contribution in [3.63, 3.8) is 0 Å². The highest BCUT2D eigenvalue weighted by atomic mass is 16.6. The normalized spacial score (nSPS) is 39.2. The molecule has 0 aromatic rings. The van der Waals surface area contributed by atoms with E-state index in [0.29, 0.717) is 18.1 Å². The zero-order valence-corrected chi connectivity index (χ0v) is 7.15. The van der Waals surface area contributed by atoms with E-state index in [2.05, 4.69) is 30.9 Å². The van der Waals surface area contributed by atoms with Crippen LogP contribution in [-0.4, -0.2) is 12.2 Å². The van der Waals surface area contributed by atoms with Crippen LogP contribution < -0.4 is 0 Å². The first-order valence-electron chi connectivity index (χ1n) is 4.51. The van der Waals surface area contributed by atoms with Gasteiger partial charge in [0.1, 0.15) is 6.10 Å². The van der Waals surface area contributed by atoms with Gasteiger partial charge < -0.3 is 4.74 Å². The average molecular weight is 162 g/mol. The van der Waals surface area contributed by atoms with Crippen molar-refractivity contribution in [2.75, 3.05) is 0 Å². The second-order valence-electron chi connectivity index (χ2n) is 3.34. The maximum atomic E-state index is 5.46. The monoisotopic (exact) mass is 162 g/mol. The fourth-order valence-electron chi connectivity index (χ4n) is 1.67. The van der Waals surface area contributed by atoms with E-state index < -0.39 is 0 Å². The lowest BCUT2D eigenvalue weighted by Gasteiger charge is -2.03. The van der Waals surface area contributed by atoms with E-state index in [1.165, 1.54) is 0 Å². The Bertz CT molecular complexity index is 227. The molecule has 2 aliphatic rings. The molecule has 1 saturated heterocycles. The molecule has 0 bridgehead atoms. The van der Waals surface area contributed by atoms with Crippen LogP contribution in [0.25, 0.3) is 0 Å². The summed E-state index contributed by atoms with van der Waals surface area (Å²) < 4.78 is 5.46. The molecule has 0 saturated carbocycles. The van der Waals surface area contributed by atoms with E-state index in [-0.39, 0.29) is 0 Å². The summed E-state index contributed by atoms with van der Waals surface area (Å²) in [5.74, 6) is 0.576. The first kappa shape index (κ1) is 7.81. The Hall–Kier alpha value is -0.820. The lowest BCUT2D eigenvalue weighted by atomic mass is 9.99. The van der Waals surface area contributed by atoms with Crippen LogP contribution in [0.3, 0.4) is 0 Å². The summed E-state index contributed by atoms with van der Waals surface area (Å²) >= 11 is 0. The largest absolute Gasteiger partial charge is 0.365 e. The quantitative estimate of drug-likeness (QED) is 0.449. The summed E-state index contributed by atoms with van der Waals surface area (Å²) in [7, 11) is 0. The summed E-state index contributed by atoms with van der Waals surface area (Å²) in [6, 6.07) is 0. The molecule has 1 heteroatoms. The molecule has 0 amide bonds. The van der Waals surface area contributed by atoms with E-state index in [1.54, 1.807) is 0 Å². The third kappa shape index (κ3) is 1.51. The standard InChI is InChI=1S/C11H14O/c1-2-10-11(12-10)9-7-5-3-4-6-8-9/h2-3,5-6,8-11H,1,4,7H2/t9-,10-,11-/m0/s1. The number of allylic oxidation sites excluding steroid dienone is 3. The zero-order valence-electron chi connectivity index (χ0n) is 7.15. The molecule has 3 atom stereocenters. The molecular formula is C11H14O. The number of rotatable bonds is 2. The first-order valence-corrected chi connectivity index (χ1v) is 4.51. The topological polar surface area (TPSA) is 12.5 Å². The summed E-state index contributed by atoms with van der Waals surface area (Å²) in [5, 5.41) is 0. The number of hydrogen-bond donors (Lipinski definition) is 0. The van der Waals surface area contributed by atoms with Crippen molar-refractivity contribution < 1.29 is 4.74 Å². The lowest BCUT2D eigenvalue weighted by molar-refractivity contribution is 0.350. The highest BCUT2D eigenvalue weighted by Gasteiger charge is 2.40. The Morgan fingerprint density at radius 3 is 3.00 bits per heavy atom. The van der Waals surface area contributed by atoms with Crippen molar-refractivity contribution in [2.45, 2.75) is 25.0 Å². The van der Waals surface area contributed by atoms with Crippen molar-refractivity contribution in [3.8, 4) is 0 Å². The molecule has 1 aliphatic heterocycles. The molecule has 2 rings (SSSR count).